The molecule has 0 spiro atoms. The second-order valence-electron chi connectivity index (χ2n) is 15.1. The molecule has 0 N–H and O–H groups in total. The van der Waals surface area contributed by atoms with Crippen LogP contribution in [0.4, 0.5) is 0 Å². The van der Waals surface area contributed by atoms with Crippen LogP contribution < -0.4 is 0 Å². The van der Waals surface area contributed by atoms with Gasteiger partial charge in [-0.3, -0.25) is 0 Å². The summed E-state index contributed by atoms with van der Waals surface area (Å²) >= 11 is 0. The molecule has 10 aromatic rings. The standard InChI is InChI=1S/C55H38N4/c1-4-14-37(15-5-1)39-26-30-42(31-27-39)47-23-13-25-50-52(47)49-35-34-44(36-51(49)59(50)45-20-8-3-9-21-45)54-56-53(43-32-28-40(29-33-43)38-16-6-2-7-17-38)57-55(58-54)48-24-12-19-41-18-10-11-22-46(41)48/h1-4,6-14,16-36H,5,15H2. The Hall–Kier alpha value is -7.69. The maximum Gasteiger partial charge on any atom is 0.164 e. The second-order valence-corrected chi connectivity index (χ2v) is 15.1. The van der Waals surface area contributed by atoms with Crippen LogP contribution >= 0.6 is 0 Å². The van der Waals surface area contributed by atoms with Crippen LogP contribution in [-0.4, -0.2) is 19.5 Å². The van der Waals surface area contributed by atoms with E-state index in [0.29, 0.717) is 17.5 Å². The van der Waals surface area contributed by atoms with Crippen LogP contribution in [0.25, 0.3) is 100 Å². The van der Waals surface area contributed by atoms with E-state index in [0.717, 1.165) is 62.6 Å². The predicted octanol–water partition coefficient (Wildman–Crippen LogP) is 14.2. The summed E-state index contributed by atoms with van der Waals surface area (Å²) in [5, 5.41) is 4.64. The van der Waals surface area contributed by atoms with Crippen LogP contribution in [0.1, 0.15) is 18.4 Å². The van der Waals surface area contributed by atoms with Gasteiger partial charge in [0.2, 0.25) is 0 Å². The summed E-state index contributed by atoms with van der Waals surface area (Å²) in [5.74, 6) is 1.90. The van der Waals surface area contributed by atoms with E-state index in [1.165, 1.54) is 38.6 Å². The summed E-state index contributed by atoms with van der Waals surface area (Å²) in [6, 6.07) is 66.8. The number of rotatable bonds is 7. The van der Waals surface area contributed by atoms with Gasteiger partial charge in [-0.15, -0.1) is 0 Å². The van der Waals surface area contributed by atoms with Crippen LogP contribution in [0.2, 0.25) is 0 Å². The number of hydrogen-bond donors (Lipinski definition) is 0. The Balaban J connectivity index is 1.10. The van der Waals surface area contributed by atoms with Gasteiger partial charge in [-0.05, 0) is 81.3 Å². The molecule has 4 heteroatoms. The van der Waals surface area contributed by atoms with Crippen LogP contribution in [-0.2, 0) is 0 Å². The lowest BCUT2D eigenvalue weighted by atomic mass is 9.94. The molecule has 0 radical (unpaired) electrons. The van der Waals surface area contributed by atoms with Crippen LogP contribution in [0.5, 0.6) is 0 Å². The Morgan fingerprint density at radius 3 is 1.81 bits per heavy atom. The highest BCUT2D eigenvalue weighted by Crippen LogP contribution is 2.41. The fourth-order valence-corrected chi connectivity index (χ4v) is 8.63. The molecule has 2 aromatic heterocycles. The zero-order chi connectivity index (χ0) is 39.1. The van der Waals surface area contributed by atoms with E-state index < -0.39 is 0 Å². The van der Waals surface area contributed by atoms with Crippen LogP contribution in [0, 0.1) is 0 Å². The molecule has 11 rings (SSSR count). The third-order valence-electron chi connectivity index (χ3n) is 11.6. The van der Waals surface area contributed by atoms with E-state index >= 15 is 0 Å². The number of para-hydroxylation sites is 1. The van der Waals surface area contributed by atoms with Crippen molar-refractivity contribution in [2.24, 2.45) is 0 Å². The summed E-state index contributed by atoms with van der Waals surface area (Å²) in [7, 11) is 0. The minimum atomic E-state index is 0.625. The molecular weight excluding hydrogens is 717 g/mol. The van der Waals surface area contributed by atoms with E-state index in [4.69, 9.17) is 15.0 Å². The molecule has 0 saturated heterocycles. The molecule has 4 nitrogen and oxygen atoms in total. The first kappa shape index (κ1) is 34.5. The highest BCUT2D eigenvalue weighted by Gasteiger charge is 2.20. The number of aromatic nitrogens is 4. The summed E-state index contributed by atoms with van der Waals surface area (Å²) in [6.45, 7) is 0. The largest absolute Gasteiger partial charge is 0.309 e. The Morgan fingerprint density at radius 2 is 1.02 bits per heavy atom. The minimum absolute atomic E-state index is 0.625. The highest BCUT2D eigenvalue weighted by atomic mass is 15.0. The van der Waals surface area contributed by atoms with Crippen molar-refractivity contribution in [3.05, 3.63) is 212 Å². The first-order chi connectivity index (χ1) is 29.2. The van der Waals surface area contributed by atoms with Gasteiger partial charge in [0.25, 0.3) is 0 Å². The van der Waals surface area contributed by atoms with Crippen molar-refractivity contribution in [3.63, 3.8) is 0 Å². The molecule has 2 heterocycles. The lowest BCUT2D eigenvalue weighted by Crippen LogP contribution is -2.01. The summed E-state index contributed by atoms with van der Waals surface area (Å²) in [6.07, 6.45) is 8.82. The maximum atomic E-state index is 5.25. The molecule has 0 saturated carbocycles. The van der Waals surface area contributed by atoms with E-state index in [2.05, 4.69) is 205 Å². The molecule has 59 heavy (non-hydrogen) atoms. The minimum Gasteiger partial charge on any atom is -0.309 e. The Kier molecular flexibility index (Phi) is 8.59. The van der Waals surface area contributed by atoms with Crippen molar-refractivity contribution in [1.82, 2.24) is 19.5 Å². The van der Waals surface area contributed by atoms with Crippen LogP contribution in [0.15, 0.2) is 206 Å². The molecule has 0 bridgehead atoms. The van der Waals surface area contributed by atoms with E-state index in [9.17, 15) is 0 Å². The number of allylic oxidation sites excluding steroid dienone is 4. The summed E-state index contributed by atoms with van der Waals surface area (Å²) in [5.41, 5.74) is 13.6. The average molecular weight is 755 g/mol. The van der Waals surface area contributed by atoms with Gasteiger partial charge in [0.15, 0.2) is 17.5 Å². The molecule has 0 aliphatic heterocycles. The van der Waals surface area contributed by atoms with Gasteiger partial charge in [-0.25, -0.2) is 15.0 Å². The highest BCUT2D eigenvalue weighted by molar-refractivity contribution is 6.16. The van der Waals surface area contributed by atoms with Gasteiger partial charge >= 0.3 is 0 Å². The molecule has 1 aliphatic rings. The summed E-state index contributed by atoms with van der Waals surface area (Å²) < 4.78 is 2.38. The quantitative estimate of drug-likeness (QED) is 0.163. The molecule has 278 valence electrons. The molecule has 0 unspecified atom stereocenters. The third kappa shape index (κ3) is 6.32. The Labute approximate surface area is 343 Å². The van der Waals surface area contributed by atoms with Crippen molar-refractivity contribution >= 4 is 38.2 Å². The second kappa shape index (κ2) is 14.7. The molecule has 0 fully saturated rings. The zero-order valence-corrected chi connectivity index (χ0v) is 32.3. The van der Waals surface area contributed by atoms with Gasteiger partial charge in [0.1, 0.15) is 0 Å². The monoisotopic (exact) mass is 754 g/mol. The molecule has 0 amide bonds. The van der Waals surface area contributed by atoms with E-state index in [1.807, 2.05) is 6.07 Å². The van der Waals surface area contributed by atoms with Crippen molar-refractivity contribution in [2.45, 2.75) is 12.8 Å². The lowest BCUT2D eigenvalue weighted by molar-refractivity contribution is 1.05. The number of hydrogen-bond acceptors (Lipinski definition) is 3. The topological polar surface area (TPSA) is 43.6 Å². The van der Waals surface area contributed by atoms with Crippen molar-refractivity contribution in [1.29, 1.82) is 0 Å². The number of nitrogens with zero attached hydrogens (tertiary/aromatic N) is 4. The smallest absolute Gasteiger partial charge is 0.164 e. The normalized spacial score (nSPS) is 12.6. The SMILES string of the molecule is C1=CCCC(c2ccc(-c3cccc4c3c3ccc(-c5nc(-c6ccc(-c7ccccc7)cc6)nc(-c6cccc7ccccc67)n5)cc3n4-c3ccccc3)cc2)=C1. The Bertz CT molecular complexity index is 3230. The van der Waals surface area contributed by atoms with Crippen LogP contribution in [0.3, 0.4) is 0 Å². The lowest BCUT2D eigenvalue weighted by Gasteiger charge is -2.12. The predicted molar refractivity (Wildman–Crippen MR) is 245 cm³/mol. The number of fused-ring (bicyclic) bond motifs is 4. The number of benzene rings is 8. The van der Waals surface area contributed by atoms with Gasteiger partial charge in [0, 0.05) is 33.2 Å². The molecule has 1 aliphatic carbocycles. The average Bonchev–Trinajstić information content (AvgIpc) is 3.66. The van der Waals surface area contributed by atoms with Crippen molar-refractivity contribution in [3.8, 4) is 62.1 Å². The van der Waals surface area contributed by atoms with Gasteiger partial charge in [0.05, 0.1) is 11.0 Å². The first-order valence-electron chi connectivity index (χ1n) is 20.2. The van der Waals surface area contributed by atoms with E-state index in [-0.39, 0.29) is 0 Å². The summed E-state index contributed by atoms with van der Waals surface area (Å²) in [4.78, 5) is 15.6. The van der Waals surface area contributed by atoms with Gasteiger partial charge in [-0.2, -0.15) is 0 Å². The van der Waals surface area contributed by atoms with Crippen molar-refractivity contribution in [2.75, 3.05) is 0 Å². The maximum absolute atomic E-state index is 5.25. The van der Waals surface area contributed by atoms with Crippen molar-refractivity contribution < 1.29 is 0 Å². The van der Waals surface area contributed by atoms with E-state index in [1.54, 1.807) is 0 Å². The molecule has 0 atom stereocenters. The molecular formula is C55H38N4. The van der Waals surface area contributed by atoms with Gasteiger partial charge in [-0.1, -0.05) is 182 Å². The fourth-order valence-electron chi connectivity index (χ4n) is 8.63. The fraction of sp³-hybridized carbons (Fsp3) is 0.0364. The first-order valence-corrected chi connectivity index (χ1v) is 20.2. The Morgan fingerprint density at radius 1 is 0.407 bits per heavy atom. The zero-order valence-electron chi connectivity index (χ0n) is 32.3. The van der Waals surface area contributed by atoms with Gasteiger partial charge < -0.3 is 4.57 Å². The third-order valence-corrected chi connectivity index (χ3v) is 11.6. The molecule has 8 aromatic carbocycles.